The van der Waals surface area contributed by atoms with Gasteiger partial charge in [-0.1, -0.05) is 18.6 Å². The number of benzene rings is 1. The summed E-state index contributed by atoms with van der Waals surface area (Å²) < 4.78 is 27.6. The van der Waals surface area contributed by atoms with Crippen LogP contribution in [-0.4, -0.2) is 21.2 Å². The molecule has 2 fully saturated rings. The van der Waals surface area contributed by atoms with Crippen molar-refractivity contribution in [2.75, 3.05) is 0 Å². The maximum absolute atomic E-state index is 14.0. The Morgan fingerprint density at radius 3 is 2.50 bits per heavy atom. The lowest BCUT2D eigenvalue weighted by atomic mass is 9.81. The van der Waals surface area contributed by atoms with Crippen molar-refractivity contribution in [3.8, 4) is 0 Å². The van der Waals surface area contributed by atoms with Crippen LogP contribution in [0.3, 0.4) is 0 Å². The molecule has 2 bridgehead atoms. The summed E-state index contributed by atoms with van der Waals surface area (Å²) in [4.78, 5) is 0. The molecule has 2 saturated heterocycles. The average Bonchev–Trinajstić information content (AvgIpc) is 2.39. The van der Waals surface area contributed by atoms with Crippen molar-refractivity contribution < 1.29 is 13.9 Å². The first-order valence-corrected chi connectivity index (χ1v) is 8.22. The molecule has 20 heavy (non-hydrogen) atoms. The molecule has 2 aliphatic heterocycles. The van der Waals surface area contributed by atoms with Crippen molar-refractivity contribution in [2.45, 2.75) is 61.5 Å². The van der Waals surface area contributed by atoms with Crippen molar-refractivity contribution >= 4 is 11.8 Å². The Balaban J connectivity index is 1.81. The van der Waals surface area contributed by atoms with Crippen LogP contribution in [0, 0.1) is 18.6 Å². The molecule has 2 heterocycles. The van der Waals surface area contributed by atoms with Crippen molar-refractivity contribution in [2.24, 2.45) is 0 Å². The highest BCUT2D eigenvalue weighted by molar-refractivity contribution is 8.00. The van der Waals surface area contributed by atoms with Crippen LogP contribution in [0.25, 0.3) is 0 Å². The van der Waals surface area contributed by atoms with Crippen LogP contribution in [-0.2, 0) is 6.42 Å². The van der Waals surface area contributed by atoms with E-state index in [0.717, 1.165) is 12.8 Å². The van der Waals surface area contributed by atoms with Crippen LogP contribution in [0.5, 0.6) is 0 Å². The first-order chi connectivity index (χ1) is 9.47. The van der Waals surface area contributed by atoms with Gasteiger partial charge in [0.2, 0.25) is 0 Å². The number of fused-ring (bicyclic) bond motifs is 2. The Hall–Kier alpha value is -0.610. The van der Waals surface area contributed by atoms with Gasteiger partial charge in [-0.2, -0.15) is 11.8 Å². The summed E-state index contributed by atoms with van der Waals surface area (Å²) in [5.41, 5.74) is -0.251. The highest BCUT2D eigenvalue weighted by Gasteiger charge is 2.41. The number of thioether (sulfide) groups is 1. The molecule has 2 aliphatic rings. The van der Waals surface area contributed by atoms with E-state index < -0.39 is 17.2 Å². The zero-order chi connectivity index (χ0) is 14.3. The zero-order valence-electron chi connectivity index (χ0n) is 11.7. The summed E-state index contributed by atoms with van der Waals surface area (Å²) in [7, 11) is 0. The van der Waals surface area contributed by atoms with Gasteiger partial charge in [0.15, 0.2) is 11.6 Å². The number of hydrogen-bond acceptors (Lipinski definition) is 2. The summed E-state index contributed by atoms with van der Waals surface area (Å²) in [6, 6.07) is 3.21. The van der Waals surface area contributed by atoms with E-state index >= 15 is 0 Å². The molecule has 1 aromatic rings. The lowest BCUT2D eigenvalue weighted by molar-refractivity contribution is 0.0121. The zero-order valence-corrected chi connectivity index (χ0v) is 12.5. The van der Waals surface area contributed by atoms with Gasteiger partial charge in [0.05, 0.1) is 5.60 Å². The molecule has 0 aromatic heterocycles. The van der Waals surface area contributed by atoms with Gasteiger partial charge in [-0.15, -0.1) is 0 Å². The first kappa shape index (κ1) is 14.3. The Kier molecular flexibility index (Phi) is 3.80. The van der Waals surface area contributed by atoms with E-state index in [4.69, 9.17) is 0 Å². The van der Waals surface area contributed by atoms with E-state index in [1.54, 1.807) is 19.1 Å². The van der Waals surface area contributed by atoms with E-state index in [-0.39, 0.29) is 6.42 Å². The topological polar surface area (TPSA) is 20.2 Å². The van der Waals surface area contributed by atoms with Gasteiger partial charge in [-0.25, -0.2) is 8.78 Å². The predicted molar refractivity (Wildman–Crippen MR) is 78.0 cm³/mol. The van der Waals surface area contributed by atoms with Gasteiger partial charge in [0, 0.05) is 16.9 Å². The second-order valence-corrected chi connectivity index (χ2v) is 7.90. The van der Waals surface area contributed by atoms with Crippen molar-refractivity contribution in [3.05, 3.63) is 34.9 Å². The number of rotatable bonds is 2. The molecule has 0 radical (unpaired) electrons. The highest BCUT2D eigenvalue weighted by Crippen LogP contribution is 2.46. The van der Waals surface area contributed by atoms with E-state index in [1.165, 1.54) is 6.42 Å². The fraction of sp³-hybridized carbons (Fsp3) is 0.625. The largest absolute Gasteiger partial charge is 0.389 e. The molecule has 0 spiro atoms. The second-order valence-electron chi connectivity index (χ2n) is 6.29. The van der Waals surface area contributed by atoms with Crippen LogP contribution < -0.4 is 0 Å². The third kappa shape index (κ3) is 2.73. The smallest absolute Gasteiger partial charge is 0.162 e. The highest BCUT2D eigenvalue weighted by atomic mass is 32.2. The van der Waals surface area contributed by atoms with E-state index in [1.807, 2.05) is 11.8 Å². The Morgan fingerprint density at radius 2 is 1.85 bits per heavy atom. The molecule has 2 atom stereocenters. The number of aryl methyl sites for hydroxylation is 1. The molecule has 1 N–H and O–H groups in total. The minimum absolute atomic E-state index is 0.226. The monoisotopic (exact) mass is 298 g/mol. The fourth-order valence-electron chi connectivity index (χ4n) is 3.53. The fourth-order valence-corrected chi connectivity index (χ4v) is 5.50. The first-order valence-electron chi connectivity index (χ1n) is 7.28. The molecule has 1 nitrogen and oxygen atoms in total. The molecule has 3 rings (SSSR count). The lowest BCUT2D eigenvalue weighted by Gasteiger charge is -2.44. The quantitative estimate of drug-likeness (QED) is 0.890. The molecule has 0 amide bonds. The third-order valence-corrected chi connectivity index (χ3v) is 6.10. The summed E-state index contributed by atoms with van der Waals surface area (Å²) >= 11 is 1.97. The minimum Gasteiger partial charge on any atom is -0.389 e. The third-order valence-electron chi connectivity index (χ3n) is 4.53. The summed E-state index contributed by atoms with van der Waals surface area (Å²) in [5, 5.41) is 11.8. The Bertz CT molecular complexity index is 505. The molecular formula is C16H20F2OS. The van der Waals surface area contributed by atoms with Gasteiger partial charge in [0.1, 0.15) is 0 Å². The molecule has 4 heteroatoms. The van der Waals surface area contributed by atoms with Gasteiger partial charge in [-0.05, 0) is 43.7 Å². The van der Waals surface area contributed by atoms with E-state index in [9.17, 15) is 13.9 Å². The normalized spacial score (nSPS) is 33.2. The molecular weight excluding hydrogens is 278 g/mol. The van der Waals surface area contributed by atoms with Crippen LogP contribution in [0.15, 0.2) is 12.1 Å². The SMILES string of the molecule is Cc1ccc(CC2(O)CC3CCCC(C2)S3)c(F)c1F. The lowest BCUT2D eigenvalue weighted by Crippen LogP contribution is -2.44. The Labute approximate surface area is 122 Å². The minimum atomic E-state index is -0.871. The molecule has 2 unspecified atom stereocenters. The van der Waals surface area contributed by atoms with E-state index in [0.29, 0.717) is 34.5 Å². The molecule has 110 valence electrons. The number of hydrogen-bond donors (Lipinski definition) is 1. The van der Waals surface area contributed by atoms with Gasteiger partial charge in [-0.3, -0.25) is 0 Å². The molecule has 0 aliphatic carbocycles. The second kappa shape index (κ2) is 5.30. The maximum atomic E-state index is 14.0. The molecule has 0 saturated carbocycles. The van der Waals surface area contributed by atoms with Crippen LogP contribution in [0.1, 0.15) is 43.2 Å². The summed E-state index contributed by atoms with van der Waals surface area (Å²) in [6.45, 7) is 1.55. The van der Waals surface area contributed by atoms with Crippen LogP contribution >= 0.6 is 11.8 Å². The Morgan fingerprint density at radius 1 is 1.20 bits per heavy atom. The van der Waals surface area contributed by atoms with Crippen molar-refractivity contribution in [1.29, 1.82) is 0 Å². The number of halogens is 2. The van der Waals surface area contributed by atoms with Crippen LogP contribution in [0.4, 0.5) is 8.78 Å². The summed E-state index contributed by atoms with van der Waals surface area (Å²) in [5.74, 6) is -1.57. The predicted octanol–water partition coefficient (Wildman–Crippen LogP) is 3.99. The van der Waals surface area contributed by atoms with Crippen molar-refractivity contribution in [1.82, 2.24) is 0 Å². The maximum Gasteiger partial charge on any atom is 0.162 e. The standard InChI is InChI=1S/C16H20F2OS/c1-10-5-6-11(15(18)14(10)17)7-16(19)8-12-3-2-4-13(9-16)20-12/h5-6,12-13,19H,2-4,7-9H2,1H3. The van der Waals surface area contributed by atoms with Gasteiger partial charge in [0.25, 0.3) is 0 Å². The number of aliphatic hydroxyl groups is 1. The van der Waals surface area contributed by atoms with Gasteiger partial charge < -0.3 is 5.11 Å². The van der Waals surface area contributed by atoms with Crippen LogP contribution in [0.2, 0.25) is 0 Å². The molecule has 1 aromatic carbocycles. The average molecular weight is 298 g/mol. The van der Waals surface area contributed by atoms with Gasteiger partial charge >= 0.3 is 0 Å². The van der Waals surface area contributed by atoms with Crippen molar-refractivity contribution in [3.63, 3.8) is 0 Å². The summed E-state index contributed by atoms with van der Waals surface area (Å²) in [6.07, 6.45) is 5.12. The van der Waals surface area contributed by atoms with E-state index in [2.05, 4.69) is 0 Å².